The summed E-state index contributed by atoms with van der Waals surface area (Å²) in [4.78, 5) is 10.7. The average Bonchev–Trinajstić information content (AvgIpc) is 1.98. The molecule has 0 aliphatic heterocycles. The molecule has 0 bridgehead atoms. The van der Waals surface area contributed by atoms with Crippen molar-refractivity contribution in [1.29, 1.82) is 0 Å². The van der Waals surface area contributed by atoms with Crippen LogP contribution in [0, 0.1) is 0 Å². The minimum Gasteiger partial charge on any atom is -0.448 e. The van der Waals surface area contributed by atoms with E-state index in [1.165, 1.54) is 0 Å². The van der Waals surface area contributed by atoms with Crippen molar-refractivity contribution >= 4 is 6.09 Å². The molecule has 60 valence electrons. The Labute approximate surface area is 60.9 Å². The summed E-state index contributed by atoms with van der Waals surface area (Å²) in [6, 6.07) is 0. The molecule has 10 heavy (non-hydrogen) atoms. The molecule has 0 radical (unpaired) electrons. The van der Waals surface area contributed by atoms with Crippen molar-refractivity contribution in [2.24, 2.45) is 5.84 Å². The molecular weight excluding hydrogens is 132 g/mol. The van der Waals surface area contributed by atoms with Gasteiger partial charge in [0.25, 0.3) is 0 Å². The highest BCUT2D eigenvalue weighted by Gasteiger charge is 2.05. The maximum absolute atomic E-state index is 10.7. The lowest BCUT2D eigenvalue weighted by Gasteiger charge is -2.12. The van der Waals surface area contributed by atoms with Gasteiger partial charge in [-0.25, -0.2) is 15.6 Å². The zero-order valence-electron chi connectivity index (χ0n) is 6.46. The fourth-order valence-electron chi connectivity index (χ4n) is 0.401. The maximum Gasteiger partial charge on any atom is 0.424 e. The van der Waals surface area contributed by atoms with Crippen molar-refractivity contribution in [2.75, 3.05) is 13.2 Å². The van der Waals surface area contributed by atoms with Gasteiger partial charge in [-0.05, 0) is 13.3 Å². The van der Waals surface area contributed by atoms with E-state index in [1.807, 2.05) is 6.92 Å². The van der Waals surface area contributed by atoms with Gasteiger partial charge in [0.2, 0.25) is 0 Å². The largest absolute Gasteiger partial charge is 0.448 e. The first kappa shape index (κ1) is 9.23. The lowest BCUT2D eigenvalue weighted by molar-refractivity contribution is 0.104. The summed E-state index contributed by atoms with van der Waals surface area (Å²) in [5.74, 6) is 5.22. The standard InChI is InChI=1S/C6H14N2O2/c1-3-5-10-6(9)8(7)4-2/h3-5,7H2,1-2H3. The smallest absolute Gasteiger partial charge is 0.424 e. The van der Waals surface area contributed by atoms with E-state index in [0.29, 0.717) is 13.2 Å². The zero-order chi connectivity index (χ0) is 7.98. The van der Waals surface area contributed by atoms with Gasteiger partial charge in [-0.2, -0.15) is 0 Å². The molecule has 0 heterocycles. The number of nitrogens with two attached hydrogens (primary N) is 1. The van der Waals surface area contributed by atoms with Crippen LogP contribution in [0.4, 0.5) is 4.79 Å². The van der Waals surface area contributed by atoms with Crippen LogP contribution in [0.15, 0.2) is 0 Å². The van der Waals surface area contributed by atoms with E-state index in [1.54, 1.807) is 6.92 Å². The first-order chi connectivity index (χ1) is 4.72. The predicted molar refractivity (Wildman–Crippen MR) is 38.2 cm³/mol. The van der Waals surface area contributed by atoms with E-state index in [4.69, 9.17) is 10.6 Å². The minimum atomic E-state index is -0.454. The third kappa shape index (κ3) is 3.29. The molecule has 0 spiro atoms. The predicted octanol–water partition coefficient (Wildman–Crippen LogP) is 0.729. The SMILES string of the molecule is CCCOC(=O)N(N)CC. The van der Waals surface area contributed by atoms with Crippen molar-refractivity contribution in [3.05, 3.63) is 0 Å². The van der Waals surface area contributed by atoms with Gasteiger partial charge in [0, 0.05) is 6.54 Å². The van der Waals surface area contributed by atoms with E-state index in [-0.39, 0.29) is 0 Å². The van der Waals surface area contributed by atoms with Gasteiger partial charge in [-0.3, -0.25) is 0 Å². The van der Waals surface area contributed by atoms with Crippen molar-refractivity contribution < 1.29 is 9.53 Å². The quantitative estimate of drug-likeness (QED) is 0.363. The van der Waals surface area contributed by atoms with Crippen LogP contribution in [0.2, 0.25) is 0 Å². The first-order valence-corrected chi connectivity index (χ1v) is 3.41. The molecule has 0 saturated carbocycles. The van der Waals surface area contributed by atoms with E-state index in [2.05, 4.69) is 0 Å². The van der Waals surface area contributed by atoms with Crippen LogP contribution >= 0.6 is 0 Å². The molecule has 1 amide bonds. The highest BCUT2D eigenvalue weighted by molar-refractivity contribution is 5.66. The Morgan fingerprint density at radius 1 is 1.60 bits per heavy atom. The van der Waals surface area contributed by atoms with Gasteiger partial charge in [-0.1, -0.05) is 6.92 Å². The highest BCUT2D eigenvalue weighted by atomic mass is 16.6. The molecule has 0 rings (SSSR count). The van der Waals surface area contributed by atoms with Crippen molar-refractivity contribution in [3.63, 3.8) is 0 Å². The molecular formula is C6H14N2O2. The Hall–Kier alpha value is -0.770. The molecule has 4 heteroatoms. The van der Waals surface area contributed by atoms with Crippen LogP contribution in [-0.4, -0.2) is 24.3 Å². The minimum absolute atomic E-state index is 0.437. The van der Waals surface area contributed by atoms with Crippen molar-refractivity contribution in [2.45, 2.75) is 20.3 Å². The fourth-order valence-corrected chi connectivity index (χ4v) is 0.401. The number of carbonyl (C=O) groups is 1. The van der Waals surface area contributed by atoms with Crippen LogP contribution in [-0.2, 0) is 4.74 Å². The van der Waals surface area contributed by atoms with E-state index >= 15 is 0 Å². The first-order valence-electron chi connectivity index (χ1n) is 3.41. The number of hydrazine groups is 1. The number of ether oxygens (including phenoxy) is 1. The Morgan fingerprint density at radius 2 is 2.20 bits per heavy atom. The second-order valence-electron chi connectivity index (χ2n) is 1.90. The monoisotopic (exact) mass is 146 g/mol. The number of amides is 1. The number of carbonyl (C=O) groups excluding carboxylic acids is 1. The normalized spacial score (nSPS) is 9.10. The molecule has 2 N–H and O–H groups in total. The van der Waals surface area contributed by atoms with E-state index in [0.717, 1.165) is 11.4 Å². The van der Waals surface area contributed by atoms with Gasteiger partial charge in [0.05, 0.1) is 6.61 Å². The summed E-state index contributed by atoms with van der Waals surface area (Å²) < 4.78 is 4.71. The topological polar surface area (TPSA) is 55.6 Å². The van der Waals surface area contributed by atoms with Gasteiger partial charge < -0.3 is 4.74 Å². The third-order valence-corrected chi connectivity index (χ3v) is 1.00. The number of hydrogen-bond donors (Lipinski definition) is 1. The molecule has 0 fully saturated rings. The van der Waals surface area contributed by atoms with Gasteiger partial charge in [-0.15, -0.1) is 0 Å². The zero-order valence-corrected chi connectivity index (χ0v) is 6.46. The summed E-state index contributed by atoms with van der Waals surface area (Å²) in [5, 5.41) is 1.04. The molecule has 0 unspecified atom stereocenters. The Balaban J connectivity index is 3.42. The Bertz CT molecular complexity index is 106. The lowest BCUT2D eigenvalue weighted by atomic mass is 10.5. The number of rotatable bonds is 3. The van der Waals surface area contributed by atoms with Gasteiger partial charge in [0.15, 0.2) is 0 Å². The number of hydrogen-bond acceptors (Lipinski definition) is 3. The lowest BCUT2D eigenvalue weighted by Crippen LogP contribution is -2.37. The van der Waals surface area contributed by atoms with Crippen LogP contribution in [0.5, 0.6) is 0 Å². The van der Waals surface area contributed by atoms with Crippen molar-refractivity contribution in [3.8, 4) is 0 Å². The third-order valence-electron chi connectivity index (χ3n) is 1.00. The highest BCUT2D eigenvalue weighted by Crippen LogP contribution is 1.87. The Kier molecular flexibility index (Phi) is 4.66. The molecule has 0 saturated heterocycles. The molecule has 0 aliphatic rings. The molecule has 4 nitrogen and oxygen atoms in total. The second-order valence-corrected chi connectivity index (χ2v) is 1.90. The maximum atomic E-state index is 10.7. The molecule has 0 aromatic carbocycles. The Morgan fingerprint density at radius 3 is 2.60 bits per heavy atom. The summed E-state index contributed by atoms with van der Waals surface area (Å²) in [6.45, 7) is 4.63. The fraction of sp³-hybridized carbons (Fsp3) is 0.833. The van der Waals surface area contributed by atoms with Gasteiger partial charge in [0.1, 0.15) is 0 Å². The molecule has 0 aliphatic carbocycles. The van der Waals surface area contributed by atoms with Crippen LogP contribution < -0.4 is 5.84 Å². The molecule has 0 aromatic heterocycles. The van der Waals surface area contributed by atoms with Crippen LogP contribution in [0.1, 0.15) is 20.3 Å². The second kappa shape index (κ2) is 5.05. The molecule has 0 atom stereocenters. The number of nitrogens with zero attached hydrogens (tertiary/aromatic N) is 1. The average molecular weight is 146 g/mol. The summed E-state index contributed by atoms with van der Waals surface area (Å²) in [7, 11) is 0. The van der Waals surface area contributed by atoms with E-state index in [9.17, 15) is 4.79 Å². The van der Waals surface area contributed by atoms with Crippen LogP contribution in [0.3, 0.4) is 0 Å². The summed E-state index contributed by atoms with van der Waals surface area (Å²) >= 11 is 0. The summed E-state index contributed by atoms with van der Waals surface area (Å²) in [6.07, 6.45) is 0.368. The summed E-state index contributed by atoms with van der Waals surface area (Å²) in [5.41, 5.74) is 0. The van der Waals surface area contributed by atoms with E-state index < -0.39 is 6.09 Å². The van der Waals surface area contributed by atoms with Gasteiger partial charge >= 0.3 is 6.09 Å². The van der Waals surface area contributed by atoms with Crippen molar-refractivity contribution in [1.82, 2.24) is 5.01 Å². The molecule has 0 aromatic rings. The van der Waals surface area contributed by atoms with Crippen LogP contribution in [0.25, 0.3) is 0 Å².